The summed E-state index contributed by atoms with van der Waals surface area (Å²) in [5, 5.41) is 1.96. The Bertz CT molecular complexity index is 564. The summed E-state index contributed by atoms with van der Waals surface area (Å²) in [5.74, 6) is -0.544. The van der Waals surface area contributed by atoms with Crippen LogP contribution in [-0.4, -0.2) is 46.9 Å². The molecule has 1 heterocycles. The first-order chi connectivity index (χ1) is 10.1. The van der Waals surface area contributed by atoms with Crippen molar-refractivity contribution in [2.24, 2.45) is 0 Å². The van der Waals surface area contributed by atoms with Gasteiger partial charge in [0, 0.05) is 18.1 Å². The zero-order valence-corrected chi connectivity index (χ0v) is 12.7. The van der Waals surface area contributed by atoms with E-state index in [4.69, 9.17) is 11.6 Å². The Kier molecular flexibility index (Phi) is 5.08. The van der Waals surface area contributed by atoms with Crippen molar-refractivity contribution in [2.45, 2.75) is 5.37 Å². The number of thioether (sulfide) groups is 1. The summed E-state index contributed by atoms with van der Waals surface area (Å²) in [6, 6.07) is 6.46. The third kappa shape index (κ3) is 3.48. The molecule has 0 spiro atoms. The van der Waals surface area contributed by atoms with Crippen LogP contribution in [0.15, 0.2) is 24.3 Å². The topological polar surface area (TPSA) is 75.7 Å². The molecule has 6 nitrogen and oxygen atoms in total. The van der Waals surface area contributed by atoms with E-state index in [9.17, 15) is 14.4 Å². The van der Waals surface area contributed by atoms with E-state index < -0.39 is 11.3 Å². The lowest BCUT2D eigenvalue weighted by Gasteiger charge is -2.13. The first-order valence-electron chi connectivity index (χ1n) is 6.09. The highest BCUT2D eigenvalue weighted by Gasteiger charge is 2.39. The average Bonchev–Trinajstić information content (AvgIpc) is 2.75. The first-order valence-corrected chi connectivity index (χ1v) is 7.51. The fourth-order valence-electron chi connectivity index (χ4n) is 1.80. The molecule has 1 fully saturated rings. The van der Waals surface area contributed by atoms with Gasteiger partial charge in [0.25, 0.3) is 11.1 Å². The largest absolute Gasteiger partial charge is 0.465 e. The number of imide groups is 1. The van der Waals surface area contributed by atoms with Crippen LogP contribution in [0.25, 0.3) is 0 Å². The SMILES string of the molecule is COC(=O)c1ccc(N[C@H]2SC(=O)N(CCCl)C2=O)cc1. The Hall–Kier alpha value is -1.73. The van der Waals surface area contributed by atoms with E-state index in [2.05, 4.69) is 10.1 Å². The summed E-state index contributed by atoms with van der Waals surface area (Å²) in [5.41, 5.74) is 1.04. The molecule has 2 amide bonds. The van der Waals surface area contributed by atoms with Crippen molar-refractivity contribution >= 4 is 46.2 Å². The van der Waals surface area contributed by atoms with E-state index in [1.165, 1.54) is 7.11 Å². The predicted octanol–water partition coefficient (Wildman–Crippen LogP) is 2.15. The van der Waals surface area contributed by atoms with Crippen molar-refractivity contribution in [3.8, 4) is 0 Å². The second-order valence-electron chi connectivity index (χ2n) is 4.16. The van der Waals surface area contributed by atoms with Gasteiger partial charge in [0.15, 0.2) is 5.37 Å². The van der Waals surface area contributed by atoms with Gasteiger partial charge in [-0.1, -0.05) is 0 Å². The zero-order chi connectivity index (χ0) is 15.4. The second-order valence-corrected chi connectivity index (χ2v) is 5.59. The molecule has 0 aliphatic carbocycles. The number of nitrogens with one attached hydrogen (secondary N) is 1. The summed E-state index contributed by atoms with van der Waals surface area (Å²) in [6.45, 7) is 0.200. The molecular weight excluding hydrogens is 316 g/mol. The summed E-state index contributed by atoms with van der Waals surface area (Å²) < 4.78 is 4.60. The molecule has 0 aromatic heterocycles. The molecule has 1 aliphatic rings. The van der Waals surface area contributed by atoms with E-state index in [0.29, 0.717) is 11.3 Å². The summed E-state index contributed by atoms with van der Waals surface area (Å²) >= 11 is 6.47. The molecule has 21 heavy (non-hydrogen) atoms. The Balaban J connectivity index is 2.04. The third-order valence-electron chi connectivity index (χ3n) is 2.84. The van der Waals surface area contributed by atoms with Crippen LogP contribution in [0.4, 0.5) is 10.5 Å². The van der Waals surface area contributed by atoms with Crippen LogP contribution >= 0.6 is 23.4 Å². The van der Waals surface area contributed by atoms with Gasteiger partial charge in [-0.3, -0.25) is 14.5 Å². The van der Waals surface area contributed by atoms with Crippen molar-refractivity contribution in [3.05, 3.63) is 29.8 Å². The van der Waals surface area contributed by atoms with Gasteiger partial charge in [-0.25, -0.2) is 4.79 Å². The maximum Gasteiger partial charge on any atom is 0.337 e. The average molecular weight is 329 g/mol. The van der Waals surface area contributed by atoms with Crippen LogP contribution < -0.4 is 5.32 Å². The molecule has 1 aromatic rings. The molecule has 0 saturated carbocycles. The fraction of sp³-hybridized carbons (Fsp3) is 0.308. The van der Waals surface area contributed by atoms with Crippen molar-refractivity contribution in [1.82, 2.24) is 4.90 Å². The lowest BCUT2D eigenvalue weighted by atomic mass is 10.2. The van der Waals surface area contributed by atoms with Gasteiger partial charge in [-0.15, -0.1) is 11.6 Å². The number of carbonyl (C=O) groups excluding carboxylic acids is 3. The van der Waals surface area contributed by atoms with Crippen LogP contribution in [0.3, 0.4) is 0 Å². The number of anilines is 1. The lowest BCUT2D eigenvalue weighted by molar-refractivity contribution is -0.126. The highest BCUT2D eigenvalue weighted by Crippen LogP contribution is 2.28. The molecule has 1 aliphatic heterocycles. The number of halogens is 1. The standard InChI is InChI=1S/C13H13ClN2O4S/c1-20-12(18)8-2-4-9(5-3-8)15-10-11(17)16(7-6-14)13(19)21-10/h2-5,10,15H,6-7H2,1H3/t10-/m0/s1. The number of alkyl halides is 1. The molecule has 0 bridgehead atoms. The maximum absolute atomic E-state index is 12.0. The van der Waals surface area contributed by atoms with Gasteiger partial charge >= 0.3 is 5.97 Å². The molecule has 112 valence electrons. The maximum atomic E-state index is 12.0. The number of nitrogens with zero attached hydrogens (tertiary/aromatic N) is 1. The number of rotatable bonds is 5. The number of esters is 1. The molecule has 0 radical (unpaired) electrons. The monoisotopic (exact) mass is 328 g/mol. The molecule has 2 rings (SSSR count). The van der Waals surface area contributed by atoms with Crippen molar-refractivity contribution in [1.29, 1.82) is 0 Å². The minimum atomic E-state index is -0.676. The normalized spacial score (nSPS) is 18.0. The van der Waals surface area contributed by atoms with Crippen LogP contribution in [0.5, 0.6) is 0 Å². The van der Waals surface area contributed by atoms with E-state index >= 15 is 0 Å². The highest BCUT2D eigenvalue weighted by atomic mass is 35.5. The van der Waals surface area contributed by atoms with Crippen LogP contribution in [0, 0.1) is 0 Å². The van der Waals surface area contributed by atoms with Gasteiger partial charge in [-0.05, 0) is 36.0 Å². The Morgan fingerprint density at radius 3 is 2.62 bits per heavy atom. The Morgan fingerprint density at radius 1 is 1.38 bits per heavy atom. The van der Waals surface area contributed by atoms with Gasteiger partial charge in [0.05, 0.1) is 12.7 Å². The van der Waals surface area contributed by atoms with Crippen molar-refractivity contribution in [3.63, 3.8) is 0 Å². The van der Waals surface area contributed by atoms with Crippen molar-refractivity contribution in [2.75, 3.05) is 24.9 Å². The molecular formula is C13H13ClN2O4S. The zero-order valence-electron chi connectivity index (χ0n) is 11.2. The van der Waals surface area contributed by atoms with Crippen LogP contribution in [0.2, 0.25) is 0 Å². The fourth-order valence-corrected chi connectivity index (χ4v) is 2.90. The minimum absolute atomic E-state index is 0.200. The molecule has 1 saturated heterocycles. The number of benzene rings is 1. The summed E-state index contributed by atoms with van der Waals surface area (Å²) in [4.78, 5) is 36.1. The van der Waals surface area contributed by atoms with Gasteiger partial charge in [0.1, 0.15) is 0 Å². The van der Waals surface area contributed by atoms with E-state index in [-0.39, 0.29) is 23.6 Å². The number of hydrogen-bond acceptors (Lipinski definition) is 6. The summed E-state index contributed by atoms with van der Waals surface area (Å²) in [6.07, 6.45) is 0. The molecule has 1 N–H and O–H groups in total. The Labute approximate surface area is 130 Å². The molecule has 0 unspecified atom stereocenters. The quantitative estimate of drug-likeness (QED) is 0.659. The van der Waals surface area contributed by atoms with Crippen LogP contribution in [0.1, 0.15) is 10.4 Å². The van der Waals surface area contributed by atoms with Gasteiger partial charge < -0.3 is 10.1 Å². The smallest absolute Gasteiger partial charge is 0.337 e. The van der Waals surface area contributed by atoms with Crippen LogP contribution in [-0.2, 0) is 9.53 Å². The number of carbonyl (C=O) groups is 3. The van der Waals surface area contributed by atoms with Gasteiger partial charge in [-0.2, -0.15) is 0 Å². The lowest BCUT2D eigenvalue weighted by Crippen LogP contribution is -2.35. The molecule has 8 heteroatoms. The first kappa shape index (κ1) is 15.7. The Morgan fingerprint density at radius 2 is 2.05 bits per heavy atom. The molecule has 1 atom stereocenters. The van der Waals surface area contributed by atoms with Crippen molar-refractivity contribution < 1.29 is 19.1 Å². The number of amides is 2. The second kappa shape index (κ2) is 6.82. The minimum Gasteiger partial charge on any atom is -0.465 e. The van der Waals surface area contributed by atoms with E-state index in [0.717, 1.165) is 16.7 Å². The van der Waals surface area contributed by atoms with E-state index in [1.807, 2.05) is 0 Å². The van der Waals surface area contributed by atoms with E-state index in [1.54, 1.807) is 24.3 Å². The number of ether oxygens (including phenoxy) is 1. The number of methoxy groups -OCH3 is 1. The predicted molar refractivity (Wildman–Crippen MR) is 80.6 cm³/mol. The molecule has 1 aromatic carbocycles. The third-order valence-corrected chi connectivity index (χ3v) is 3.99. The van der Waals surface area contributed by atoms with Gasteiger partial charge in [0.2, 0.25) is 0 Å². The highest BCUT2D eigenvalue weighted by molar-refractivity contribution is 8.15. The number of hydrogen-bond donors (Lipinski definition) is 1. The summed E-state index contributed by atoms with van der Waals surface area (Å²) in [7, 11) is 1.30.